The number of ether oxygens (including phenoxy) is 3. The molecule has 0 aromatic heterocycles. The molecule has 1 aliphatic heterocycles. The number of amides is 1. The summed E-state index contributed by atoms with van der Waals surface area (Å²) >= 11 is 0. The molecule has 0 saturated carbocycles. The number of hydrogen-bond donors (Lipinski definition) is 1. The van der Waals surface area contributed by atoms with Crippen molar-refractivity contribution in [3.05, 3.63) is 70.4 Å². The first-order valence-corrected chi connectivity index (χ1v) is 10.3. The lowest BCUT2D eigenvalue weighted by atomic mass is 10.0. The number of hydrogen-bond acceptors (Lipinski definition) is 6. The van der Waals surface area contributed by atoms with E-state index in [1.165, 1.54) is 13.2 Å². The maximum Gasteiger partial charge on any atom is 0.340 e. The number of phenolic OH excluding ortho intramolecular Hbond substituents is 1. The number of para-hydroxylation sites is 1. The normalized spacial score (nSPS) is 14.8. The van der Waals surface area contributed by atoms with Gasteiger partial charge in [0.15, 0.2) is 11.5 Å². The van der Waals surface area contributed by atoms with Crippen LogP contribution >= 0.6 is 0 Å². The van der Waals surface area contributed by atoms with Crippen molar-refractivity contribution < 1.29 is 28.9 Å². The average Bonchev–Trinajstić information content (AvgIpc) is 3.04. The van der Waals surface area contributed by atoms with Crippen molar-refractivity contribution in [3.63, 3.8) is 0 Å². The second kappa shape index (κ2) is 10.0. The van der Waals surface area contributed by atoms with Gasteiger partial charge in [-0.15, -0.1) is 0 Å². The summed E-state index contributed by atoms with van der Waals surface area (Å²) in [5.74, 6) is 0.0543. The van der Waals surface area contributed by atoms with Crippen LogP contribution in [0, 0.1) is 0 Å². The van der Waals surface area contributed by atoms with E-state index in [1.807, 2.05) is 31.2 Å². The standard InChI is InChI=1S/C25H27NO6/c1-5-32-21-8-6-7-18(23(21)27)15-20-22(25(29)31-4)16(2)26(24(20)28)14-13-17-9-11-19(30-3)12-10-17/h6-12,15,27H,5,13-14H2,1-4H3/b20-15-. The molecule has 0 radical (unpaired) electrons. The van der Waals surface area contributed by atoms with Crippen molar-refractivity contribution in [3.8, 4) is 17.2 Å². The van der Waals surface area contributed by atoms with E-state index in [0.717, 1.165) is 11.3 Å². The molecule has 0 aliphatic carbocycles. The Morgan fingerprint density at radius 3 is 2.47 bits per heavy atom. The number of phenols is 1. The molecule has 0 fully saturated rings. The summed E-state index contributed by atoms with van der Waals surface area (Å²) in [4.78, 5) is 27.3. The van der Waals surface area contributed by atoms with Crippen LogP contribution in [0.4, 0.5) is 0 Å². The Balaban J connectivity index is 1.93. The van der Waals surface area contributed by atoms with Crippen molar-refractivity contribution >= 4 is 18.0 Å². The van der Waals surface area contributed by atoms with Crippen LogP contribution in [-0.4, -0.2) is 49.3 Å². The SMILES string of the molecule is CCOc1cccc(/C=C2\C(=O)N(CCc3ccc(OC)cc3)C(C)=C2C(=O)OC)c1O. The summed E-state index contributed by atoms with van der Waals surface area (Å²) in [6.45, 7) is 4.31. The molecule has 32 heavy (non-hydrogen) atoms. The van der Waals surface area contributed by atoms with Crippen LogP contribution < -0.4 is 9.47 Å². The second-order valence-electron chi connectivity index (χ2n) is 7.19. The van der Waals surface area contributed by atoms with E-state index in [-0.39, 0.29) is 22.8 Å². The molecule has 1 heterocycles. The van der Waals surface area contributed by atoms with Crippen LogP contribution in [-0.2, 0) is 20.7 Å². The highest BCUT2D eigenvalue weighted by atomic mass is 16.5. The highest BCUT2D eigenvalue weighted by Crippen LogP contribution is 2.36. The van der Waals surface area contributed by atoms with Crippen molar-refractivity contribution in [2.45, 2.75) is 20.3 Å². The number of benzene rings is 2. The van der Waals surface area contributed by atoms with Crippen LogP contribution in [0.5, 0.6) is 17.2 Å². The number of allylic oxidation sites excluding steroid dienone is 1. The molecular formula is C25H27NO6. The number of nitrogens with zero attached hydrogens (tertiary/aromatic N) is 1. The minimum atomic E-state index is -0.602. The summed E-state index contributed by atoms with van der Waals surface area (Å²) < 4.78 is 15.5. The van der Waals surface area contributed by atoms with Gasteiger partial charge in [0.2, 0.25) is 0 Å². The first-order chi connectivity index (χ1) is 15.4. The molecule has 3 rings (SSSR count). The highest BCUT2D eigenvalue weighted by molar-refractivity contribution is 6.16. The predicted molar refractivity (Wildman–Crippen MR) is 120 cm³/mol. The number of aromatic hydroxyl groups is 1. The summed E-state index contributed by atoms with van der Waals surface area (Å²) in [5.41, 5.74) is 2.29. The average molecular weight is 437 g/mol. The molecule has 7 heteroatoms. The molecule has 0 bridgehead atoms. The predicted octanol–water partition coefficient (Wildman–Crippen LogP) is 3.71. The maximum absolute atomic E-state index is 13.3. The summed E-state index contributed by atoms with van der Waals surface area (Å²) in [6.07, 6.45) is 2.10. The topological polar surface area (TPSA) is 85.3 Å². The molecule has 1 amide bonds. The number of carbonyl (C=O) groups excluding carboxylic acids is 2. The molecule has 0 spiro atoms. The molecule has 1 aliphatic rings. The van der Waals surface area contributed by atoms with Gasteiger partial charge in [0.1, 0.15) is 5.75 Å². The summed E-state index contributed by atoms with van der Waals surface area (Å²) in [7, 11) is 2.88. The van der Waals surface area contributed by atoms with Gasteiger partial charge < -0.3 is 24.2 Å². The van der Waals surface area contributed by atoms with Gasteiger partial charge in [-0.3, -0.25) is 4.79 Å². The Bertz CT molecular complexity index is 1070. The molecule has 0 saturated heterocycles. The van der Waals surface area contributed by atoms with E-state index in [1.54, 1.807) is 37.1 Å². The lowest BCUT2D eigenvalue weighted by Crippen LogP contribution is -2.27. The monoisotopic (exact) mass is 437 g/mol. The third-order valence-electron chi connectivity index (χ3n) is 5.31. The molecule has 168 valence electrons. The van der Waals surface area contributed by atoms with Crippen molar-refractivity contribution in [2.75, 3.05) is 27.4 Å². The third kappa shape index (κ3) is 4.61. The third-order valence-corrected chi connectivity index (χ3v) is 5.31. The molecule has 2 aromatic rings. The van der Waals surface area contributed by atoms with E-state index in [0.29, 0.717) is 36.6 Å². The zero-order chi connectivity index (χ0) is 23.3. The van der Waals surface area contributed by atoms with Gasteiger partial charge in [-0.25, -0.2) is 4.79 Å². The van der Waals surface area contributed by atoms with Crippen molar-refractivity contribution in [1.82, 2.24) is 4.90 Å². The van der Waals surface area contributed by atoms with Crippen LogP contribution in [0.25, 0.3) is 6.08 Å². The Kier molecular flexibility index (Phi) is 7.20. The Hall–Kier alpha value is -3.74. The number of rotatable bonds is 8. The van der Waals surface area contributed by atoms with Gasteiger partial charge in [0.05, 0.1) is 32.0 Å². The minimum Gasteiger partial charge on any atom is -0.504 e. The lowest BCUT2D eigenvalue weighted by molar-refractivity contribution is -0.136. The Morgan fingerprint density at radius 1 is 1.12 bits per heavy atom. The first kappa shape index (κ1) is 22.9. The Morgan fingerprint density at radius 2 is 1.84 bits per heavy atom. The van der Waals surface area contributed by atoms with Gasteiger partial charge in [-0.2, -0.15) is 0 Å². The van der Waals surface area contributed by atoms with Gasteiger partial charge in [-0.05, 0) is 50.1 Å². The van der Waals surface area contributed by atoms with E-state index in [9.17, 15) is 14.7 Å². The smallest absolute Gasteiger partial charge is 0.340 e. The number of esters is 1. The first-order valence-electron chi connectivity index (χ1n) is 10.3. The molecule has 0 atom stereocenters. The largest absolute Gasteiger partial charge is 0.504 e. The number of carbonyl (C=O) groups is 2. The zero-order valence-corrected chi connectivity index (χ0v) is 18.7. The van der Waals surface area contributed by atoms with E-state index in [4.69, 9.17) is 14.2 Å². The van der Waals surface area contributed by atoms with E-state index >= 15 is 0 Å². The molecule has 7 nitrogen and oxygen atoms in total. The van der Waals surface area contributed by atoms with E-state index < -0.39 is 5.97 Å². The fourth-order valence-electron chi connectivity index (χ4n) is 3.61. The fourth-order valence-corrected chi connectivity index (χ4v) is 3.61. The lowest BCUT2D eigenvalue weighted by Gasteiger charge is -2.18. The van der Waals surface area contributed by atoms with Crippen LogP contribution in [0.2, 0.25) is 0 Å². The van der Waals surface area contributed by atoms with Crippen LogP contribution in [0.1, 0.15) is 25.0 Å². The second-order valence-corrected chi connectivity index (χ2v) is 7.19. The summed E-state index contributed by atoms with van der Waals surface area (Å²) in [5, 5.41) is 10.5. The molecule has 0 unspecified atom stereocenters. The van der Waals surface area contributed by atoms with E-state index in [2.05, 4.69) is 0 Å². The fraction of sp³-hybridized carbons (Fsp3) is 0.280. The minimum absolute atomic E-state index is 0.0896. The van der Waals surface area contributed by atoms with Crippen LogP contribution in [0.3, 0.4) is 0 Å². The van der Waals surface area contributed by atoms with Gasteiger partial charge in [-0.1, -0.05) is 24.3 Å². The molecular weight excluding hydrogens is 410 g/mol. The van der Waals surface area contributed by atoms with Gasteiger partial charge in [0.25, 0.3) is 5.91 Å². The van der Waals surface area contributed by atoms with Crippen LogP contribution in [0.15, 0.2) is 59.3 Å². The van der Waals surface area contributed by atoms with Crippen molar-refractivity contribution in [2.24, 2.45) is 0 Å². The van der Waals surface area contributed by atoms with Gasteiger partial charge in [0, 0.05) is 17.8 Å². The zero-order valence-electron chi connectivity index (χ0n) is 18.7. The van der Waals surface area contributed by atoms with Gasteiger partial charge >= 0.3 is 5.97 Å². The highest BCUT2D eigenvalue weighted by Gasteiger charge is 2.37. The Labute approximate surface area is 187 Å². The maximum atomic E-state index is 13.3. The number of methoxy groups -OCH3 is 2. The molecule has 2 aromatic carbocycles. The van der Waals surface area contributed by atoms with Crippen molar-refractivity contribution in [1.29, 1.82) is 0 Å². The molecule has 1 N–H and O–H groups in total. The summed E-state index contributed by atoms with van der Waals surface area (Å²) in [6, 6.07) is 12.6. The quantitative estimate of drug-likeness (QED) is 0.501.